The number of methoxy groups -OCH3 is 1. The first kappa shape index (κ1) is 41.7. The van der Waals surface area contributed by atoms with E-state index in [1.165, 1.54) is 19.8 Å². The number of nitriles is 1. The number of aromatic nitrogens is 6. The number of fused-ring (bicyclic) bond motifs is 3. The van der Waals surface area contributed by atoms with Gasteiger partial charge in [-0.05, 0) is 24.5 Å². The van der Waals surface area contributed by atoms with Gasteiger partial charge in [0.15, 0.2) is 17.0 Å². The molecule has 1 amide bonds. The average Bonchev–Trinajstić information content (AvgIpc) is 3.52. The van der Waals surface area contributed by atoms with Gasteiger partial charge in [0.25, 0.3) is 11.5 Å². The van der Waals surface area contributed by atoms with Crippen LogP contribution in [0.5, 0.6) is 0 Å². The largest absolute Gasteiger partial charge is 0.475 e. The lowest BCUT2D eigenvalue weighted by atomic mass is 9.94. The molecule has 2 aliphatic carbocycles. The molecule has 20 nitrogen and oxygen atoms in total. The zero-order valence-corrected chi connectivity index (χ0v) is 34.7. The molecule has 3 aliphatic rings. The van der Waals surface area contributed by atoms with Gasteiger partial charge < -0.3 is 34.5 Å². The fourth-order valence-corrected chi connectivity index (χ4v) is 10.9. The summed E-state index contributed by atoms with van der Waals surface area (Å²) in [4.78, 5) is 52.9. The molecule has 1 aliphatic heterocycles. The number of aliphatic hydroxyl groups excluding tert-OH is 2. The minimum Gasteiger partial charge on any atom is -0.394 e. The number of nitrogens with one attached hydrogen (secondary N) is 2. The molecule has 0 radical (unpaired) electrons. The van der Waals surface area contributed by atoms with Crippen LogP contribution in [0.25, 0.3) is 22.1 Å². The van der Waals surface area contributed by atoms with Crippen molar-refractivity contribution in [3.8, 4) is 6.07 Å². The zero-order valence-electron chi connectivity index (χ0n) is 32.9. The Bertz CT molecular complexity index is 2560. The molecule has 10 atom stereocenters. The van der Waals surface area contributed by atoms with Crippen LogP contribution in [0.2, 0.25) is 0 Å². The summed E-state index contributed by atoms with van der Waals surface area (Å²) in [6, 6.07) is 10.4. The molecule has 3 fully saturated rings. The van der Waals surface area contributed by atoms with Gasteiger partial charge >= 0.3 is 7.82 Å². The van der Waals surface area contributed by atoms with Crippen molar-refractivity contribution in [1.82, 2.24) is 34.4 Å². The number of rotatable bonds is 16. The fraction of sp³-hybridized carbons (Fsp3) is 0.474. The molecule has 4 aromatic heterocycles. The van der Waals surface area contributed by atoms with Crippen LogP contribution in [0.15, 0.2) is 58.2 Å². The summed E-state index contributed by atoms with van der Waals surface area (Å²) in [5.41, 5.74) is 0.243. The molecule has 2 saturated carbocycles. The number of amides is 1. The van der Waals surface area contributed by atoms with E-state index in [4.69, 9.17) is 23.0 Å². The Hall–Kier alpha value is -5.01. The first-order valence-corrected chi connectivity index (χ1v) is 21.4. The van der Waals surface area contributed by atoms with Crippen molar-refractivity contribution >= 4 is 65.2 Å². The van der Waals surface area contributed by atoms with Crippen LogP contribution in [0.4, 0.5) is 11.8 Å². The first-order chi connectivity index (χ1) is 28.9. The Balaban J connectivity index is 1.06. The third-order valence-electron chi connectivity index (χ3n) is 11.3. The lowest BCUT2D eigenvalue weighted by Crippen LogP contribution is -2.36. The van der Waals surface area contributed by atoms with Crippen molar-refractivity contribution in [1.29, 1.82) is 5.26 Å². The number of anilines is 1. The summed E-state index contributed by atoms with van der Waals surface area (Å²) in [6.45, 7) is 0.861. The van der Waals surface area contributed by atoms with E-state index in [9.17, 15) is 29.6 Å². The van der Waals surface area contributed by atoms with Gasteiger partial charge in [0.05, 0.1) is 66.9 Å². The summed E-state index contributed by atoms with van der Waals surface area (Å²) >= 11 is 1.15. The first-order valence-electron chi connectivity index (χ1n) is 19.1. The highest BCUT2D eigenvalue weighted by Crippen LogP contribution is 2.71. The molecular weight excluding hydrogens is 820 g/mol. The van der Waals surface area contributed by atoms with E-state index in [0.717, 1.165) is 11.3 Å². The Labute approximate surface area is 346 Å². The van der Waals surface area contributed by atoms with Crippen molar-refractivity contribution in [2.24, 2.45) is 22.2 Å². The van der Waals surface area contributed by atoms with Gasteiger partial charge in [-0.15, -0.1) is 11.3 Å². The third-order valence-corrected chi connectivity index (χ3v) is 13.8. The Morgan fingerprint density at radius 1 is 1.23 bits per heavy atom. The second-order valence-electron chi connectivity index (χ2n) is 15.2. The van der Waals surface area contributed by atoms with Crippen LogP contribution in [0.3, 0.4) is 0 Å². The molecule has 0 spiro atoms. The van der Waals surface area contributed by atoms with Gasteiger partial charge in [-0.3, -0.25) is 28.1 Å². The van der Waals surface area contributed by atoms with E-state index < -0.39 is 55.9 Å². The predicted octanol–water partition coefficient (Wildman–Crippen LogP) is 3.74. The number of thiophene rings is 1. The standard InChI is InChI=1S/C38H43N10O10PS/c1-20-27(48-19-42-26-33(40-17-41-34(26)48)45-35(51)21-9-6-5-7-10-21)23-13-38(23,32(20)50)16-56-59(53,55-12-8-11-39)58-29-28(54-4)24(14-49)57-30(29)31-25-22(15-60-31)36(52)46-37(44-25)43-18-47(2)3/h5-7,9-10,15,17-20,23-24,27-30,32,49-50H,8,12-14,16H2,1-4H3,(H,44,46,52)(H,40,41,45,51)/b43-18+/t20-,23+,24+,27-,28+,29+,30+,32-,38+,59?/m0/s1. The average molecular weight is 863 g/mol. The Morgan fingerprint density at radius 2 is 2.03 bits per heavy atom. The van der Waals surface area contributed by atoms with Crippen molar-refractivity contribution in [3.63, 3.8) is 0 Å². The van der Waals surface area contributed by atoms with Crippen molar-refractivity contribution < 1.29 is 42.6 Å². The van der Waals surface area contributed by atoms with Gasteiger partial charge in [-0.25, -0.2) is 29.5 Å². The number of imidazole rings is 1. The van der Waals surface area contributed by atoms with Gasteiger partial charge in [-0.1, -0.05) is 25.1 Å². The normalized spacial score (nSPS) is 28.2. The maximum atomic E-state index is 14.8. The second kappa shape index (κ2) is 16.8. The Morgan fingerprint density at radius 3 is 2.77 bits per heavy atom. The van der Waals surface area contributed by atoms with Gasteiger partial charge in [-0.2, -0.15) is 5.26 Å². The summed E-state index contributed by atoms with van der Waals surface area (Å²) in [5, 5.41) is 36.1. The molecule has 1 unspecified atom stereocenters. The number of H-pyrrole nitrogens is 1. The molecule has 5 heterocycles. The molecule has 60 heavy (non-hydrogen) atoms. The summed E-state index contributed by atoms with van der Waals surface area (Å²) in [6.07, 6.45) is -0.371. The van der Waals surface area contributed by atoms with E-state index in [2.05, 4.69) is 35.2 Å². The topological polar surface area (TPSA) is 262 Å². The van der Waals surface area contributed by atoms with Crippen molar-refractivity contribution in [2.75, 3.05) is 46.3 Å². The summed E-state index contributed by atoms with van der Waals surface area (Å²) in [5.74, 6) is -0.595. The molecule has 1 saturated heterocycles. The van der Waals surface area contributed by atoms with E-state index in [0.29, 0.717) is 28.0 Å². The zero-order chi connectivity index (χ0) is 42.3. The minimum atomic E-state index is -4.60. The van der Waals surface area contributed by atoms with E-state index in [1.807, 2.05) is 23.6 Å². The van der Waals surface area contributed by atoms with Gasteiger partial charge in [0.2, 0.25) is 5.95 Å². The van der Waals surface area contributed by atoms with Gasteiger partial charge in [0, 0.05) is 49.5 Å². The number of hydrogen-bond acceptors (Lipinski definition) is 17. The van der Waals surface area contributed by atoms with Crippen LogP contribution in [-0.2, 0) is 27.6 Å². The predicted molar refractivity (Wildman–Crippen MR) is 217 cm³/mol. The monoisotopic (exact) mass is 862 g/mol. The maximum Gasteiger partial charge on any atom is 0.475 e. The molecule has 0 bridgehead atoms. The van der Waals surface area contributed by atoms with Crippen LogP contribution in [0, 0.1) is 28.6 Å². The maximum absolute atomic E-state index is 14.8. The molecule has 1 aromatic carbocycles. The SMILES string of the molecule is CO[C@H]1[C@@H](OP(=O)(OCCC#N)OC[C@]23C[C@@H]2[C@@H](n2cnc4c(NC(=O)c5ccccc5)ncnc42)[C@H](C)[C@@H]3O)[C@H](c2scc3c(=O)[nH]c(/N=C/N(C)C)nc23)O[C@@H]1CO. The quantitative estimate of drug-likeness (QED) is 0.0477. The molecule has 4 N–H and O–H groups in total. The van der Waals surface area contributed by atoms with E-state index >= 15 is 0 Å². The fourth-order valence-electron chi connectivity index (χ4n) is 8.37. The highest BCUT2D eigenvalue weighted by atomic mass is 32.1. The third kappa shape index (κ3) is 7.63. The van der Waals surface area contributed by atoms with E-state index in [-0.39, 0.29) is 66.1 Å². The van der Waals surface area contributed by atoms with Crippen molar-refractivity contribution in [2.45, 2.75) is 56.3 Å². The number of benzene rings is 1. The highest BCUT2D eigenvalue weighted by molar-refractivity contribution is 7.48. The minimum absolute atomic E-state index is 0.0412. The summed E-state index contributed by atoms with van der Waals surface area (Å²) in [7, 11) is 0.315. The number of carbonyl (C=O) groups excluding carboxylic acids is 1. The second-order valence-corrected chi connectivity index (χ2v) is 17.7. The van der Waals surface area contributed by atoms with Gasteiger partial charge in [0.1, 0.15) is 30.7 Å². The number of aliphatic imine (C=N–C) groups is 1. The van der Waals surface area contributed by atoms with Crippen LogP contribution < -0.4 is 10.9 Å². The lowest BCUT2D eigenvalue weighted by Gasteiger charge is -2.29. The smallest absolute Gasteiger partial charge is 0.394 e. The number of ether oxygens (including phenoxy) is 2. The number of phosphoric ester groups is 1. The van der Waals surface area contributed by atoms with E-state index in [1.54, 1.807) is 55.0 Å². The number of aromatic amines is 1. The number of hydrogen-bond donors (Lipinski definition) is 4. The highest BCUT2D eigenvalue weighted by Gasteiger charge is 2.71. The molecular formula is C38H43N10O10PS. The summed E-state index contributed by atoms with van der Waals surface area (Å²) < 4.78 is 46.8. The molecule has 316 valence electrons. The molecule has 5 aromatic rings. The Kier molecular flexibility index (Phi) is 11.7. The lowest BCUT2D eigenvalue weighted by molar-refractivity contribution is -0.0376. The number of carbonyl (C=O) groups is 1. The number of nitrogens with zero attached hydrogens (tertiary/aromatic N) is 8. The number of aliphatic hydroxyl groups is 2. The van der Waals surface area contributed by atoms with Crippen molar-refractivity contribution in [3.05, 3.63) is 69.2 Å². The number of phosphoric acid groups is 1. The molecule has 22 heteroatoms. The molecule has 8 rings (SSSR count). The van der Waals surface area contributed by atoms with Crippen LogP contribution in [-0.4, -0.2) is 122 Å². The van der Waals surface area contributed by atoms with Crippen LogP contribution >= 0.6 is 19.2 Å². The van der Waals surface area contributed by atoms with Crippen LogP contribution in [0.1, 0.15) is 47.1 Å².